The number of aryl methyl sites for hydroxylation is 1. The summed E-state index contributed by atoms with van der Waals surface area (Å²) in [6, 6.07) is 9.83. The van der Waals surface area contributed by atoms with Crippen LogP contribution < -0.4 is 4.90 Å². The second kappa shape index (κ2) is 6.84. The molecule has 25 heavy (non-hydrogen) atoms. The lowest BCUT2D eigenvalue weighted by Crippen LogP contribution is -2.27. The molecule has 1 fully saturated rings. The number of thiazole rings is 1. The van der Waals surface area contributed by atoms with E-state index in [0.29, 0.717) is 9.23 Å². The standard InChI is InChI=1S/C18H12N2OS4/c1-11-2-4-14(5-3-11)20-17(21)15(25-18(20)22)8-13-10-24-16(19-13)12-6-7-23-9-12/h2-10H,1H3/b15-8-. The molecule has 3 nitrogen and oxygen atoms in total. The molecule has 0 saturated carbocycles. The summed E-state index contributed by atoms with van der Waals surface area (Å²) in [6.07, 6.45) is 1.82. The molecule has 0 N–H and O–H groups in total. The van der Waals surface area contributed by atoms with E-state index >= 15 is 0 Å². The number of hydrogen-bond donors (Lipinski definition) is 0. The fourth-order valence-electron chi connectivity index (χ4n) is 2.39. The third-order valence-corrected chi connectivity index (χ3v) is 6.55. The Kier molecular flexibility index (Phi) is 4.56. The maximum Gasteiger partial charge on any atom is 0.270 e. The number of hydrogen-bond acceptors (Lipinski definition) is 6. The second-order valence-electron chi connectivity index (χ2n) is 5.44. The number of anilines is 1. The van der Waals surface area contributed by atoms with Crippen LogP contribution >= 0.6 is 46.7 Å². The molecule has 0 radical (unpaired) electrons. The van der Waals surface area contributed by atoms with Crippen LogP contribution in [0.15, 0.2) is 51.4 Å². The van der Waals surface area contributed by atoms with Gasteiger partial charge in [0.15, 0.2) is 4.32 Å². The second-order valence-corrected chi connectivity index (χ2v) is 8.76. The molecule has 1 aromatic carbocycles. The number of thioether (sulfide) groups is 1. The lowest BCUT2D eigenvalue weighted by Gasteiger charge is -2.14. The molecular weight excluding hydrogens is 388 g/mol. The Morgan fingerprint density at radius 1 is 1.16 bits per heavy atom. The van der Waals surface area contributed by atoms with Crippen LogP contribution in [0, 0.1) is 6.92 Å². The molecule has 3 heterocycles. The Bertz CT molecular complexity index is 971. The summed E-state index contributed by atoms with van der Waals surface area (Å²) in [7, 11) is 0. The van der Waals surface area contributed by atoms with E-state index in [1.165, 1.54) is 11.8 Å². The molecule has 4 rings (SSSR count). The van der Waals surface area contributed by atoms with Crippen molar-refractivity contribution < 1.29 is 4.79 Å². The first-order chi connectivity index (χ1) is 12.1. The van der Waals surface area contributed by atoms with Gasteiger partial charge in [0.05, 0.1) is 16.3 Å². The van der Waals surface area contributed by atoms with Gasteiger partial charge in [-0.3, -0.25) is 9.69 Å². The molecule has 0 unspecified atom stereocenters. The smallest absolute Gasteiger partial charge is 0.268 e. The van der Waals surface area contributed by atoms with Gasteiger partial charge in [-0.25, -0.2) is 4.98 Å². The third kappa shape index (κ3) is 3.32. The van der Waals surface area contributed by atoms with Gasteiger partial charge in [-0.05, 0) is 36.6 Å². The number of carbonyl (C=O) groups is 1. The summed E-state index contributed by atoms with van der Waals surface area (Å²) < 4.78 is 0.549. The predicted molar refractivity (Wildman–Crippen MR) is 112 cm³/mol. The normalized spacial score (nSPS) is 16.2. The maximum atomic E-state index is 12.8. The summed E-state index contributed by atoms with van der Waals surface area (Å²) >= 11 is 9.95. The topological polar surface area (TPSA) is 33.2 Å². The first-order valence-electron chi connectivity index (χ1n) is 7.44. The van der Waals surface area contributed by atoms with E-state index < -0.39 is 0 Å². The third-order valence-electron chi connectivity index (χ3n) is 3.65. The van der Waals surface area contributed by atoms with E-state index in [-0.39, 0.29) is 5.91 Å². The first kappa shape index (κ1) is 16.7. The van der Waals surface area contributed by atoms with Gasteiger partial charge in [-0.1, -0.05) is 41.7 Å². The van der Waals surface area contributed by atoms with Gasteiger partial charge in [0, 0.05) is 16.3 Å². The zero-order valence-electron chi connectivity index (χ0n) is 13.1. The molecule has 1 amide bonds. The molecule has 1 aliphatic heterocycles. The molecule has 2 aromatic heterocycles. The van der Waals surface area contributed by atoms with Crippen molar-refractivity contribution in [3.05, 3.63) is 62.6 Å². The van der Waals surface area contributed by atoms with E-state index in [0.717, 1.165) is 27.5 Å². The van der Waals surface area contributed by atoms with E-state index in [9.17, 15) is 4.79 Å². The number of rotatable bonds is 3. The van der Waals surface area contributed by atoms with Crippen molar-refractivity contribution in [2.45, 2.75) is 6.92 Å². The Balaban J connectivity index is 1.61. The fourth-order valence-corrected chi connectivity index (χ4v) is 5.16. The Morgan fingerprint density at radius 2 is 1.96 bits per heavy atom. The molecule has 0 spiro atoms. The van der Waals surface area contributed by atoms with Crippen molar-refractivity contribution in [3.63, 3.8) is 0 Å². The average molecular weight is 401 g/mol. The molecule has 124 valence electrons. The van der Waals surface area contributed by atoms with Crippen LogP contribution in [-0.2, 0) is 4.79 Å². The number of thiophene rings is 1. The Morgan fingerprint density at radius 3 is 2.68 bits per heavy atom. The summed E-state index contributed by atoms with van der Waals surface area (Å²) in [5.41, 5.74) is 3.85. The van der Waals surface area contributed by atoms with Gasteiger partial charge < -0.3 is 0 Å². The highest BCUT2D eigenvalue weighted by Gasteiger charge is 2.33. The minimum atomic E-state index is -0.0936. The van der Waals surface area contributed by atoms with Crippen LogP contribution in [0.3, 0.4) is 0 Å². The minimum Gasteiger partial charge on any atom is -0.268 e. The van der Waals surface area contributed by atoms with Crippen molar-refractivity contribution in [1.29, 1.82) is 0 Å². The van der Waals surface area contributed by atoms with Crippen molar-refractivity contribution in [2.75, 3.05) is 4.90 Å². The molecule has 0 bridgehead atoms. The summed E-state index contributed by atoms with van der Waals surface area (Å²) in [6.45, 7) is 2.02. The quantitative estimate of drug-likeness (QED) is 0.424. The SMILES string of the molecule is Cc1ccc(N2C(=O)/C(=C/c3csc(-c4ccsc4)n3)SC2=S)cc1. The Labute approximate surface area is 163 Å². The van der Waals surface area contributed by atoms with Crippen LogP contribution in [0.1, 0.15) is 11.3 Å². The number of thiocarbonyl (C=S) groups is 1. The number of carbonyl (C=O) groups excluding carboxylic acids is 1. The highest BCUT2D eigenvalue weighted by Crippen LogP contribution is 2.36. The van der Waals surface area contributed by atoms with Gasteiger partial charge in [0.2, 0.25) is 0 Å². The zero-order valence-corrected chi connectivity index (χ0v) is 16.4. The number of nitrogens with zero attached hydrogens (tertiary/aromatic N) is 2. The first-order valence-corrected chi connectivity index (χ1v) is 10.5. The lowest BCUT2D eigenvalue weighted by molar-refractivity contribution is -0.113. The van der Waals surface area contributed by atoms with E-state index in [1.54, 1.807) is 27.6 Å². The summed E-state index contributed by atoms with van der Waals surface area (Å²) in [4.78, 5) is 19.6. The number of aromatic nitrogens is 1. The molecule has 7 heteroatoms. The van der Waals surface area contributed by atoms with E-state index in [1.807, 2.05) is 54.1 Å². The number of benzene rings is 1. The monoisotopic (exact) mass is 400 g/mol. The molecular formula is C18H12N2OS4. The van der Waals surface area contributed by atoms with Crippen LogP contribution in [0.5, 0.6) is 0 Å². The van der Waals surface area contributed by atoms with E-state index in [2.05, 4.69) is 10.4 Å². The van der Waals surface area contributed by atoms with Gasteiger partial charge in [0.25, 0.3) is 5.91 Å². The summed E-state index contributed by atoms with van der Waals surface area (Å²) in [5, 5.41) is 7.02. The average Bonchev–Trinajstić information content (AvgIpc) is 3.31. The van der Waals surface area contributed by atoms with Crippen molar-refractivity contribution in [2.24, 2.45) is 0 Å². The predicted octanol–water partition coefficient (Wildman–Crippen LogP) is 5.59. The van der Waals surface area contributed by atoms with Crippen LogP contribution in [0.4, 0.5) is 5.69 Å². The Hall–Kier alpha value is -1.80. The van der Waals surface area contributed by atoms with Crippen molar-refractivity contribution >= 4 is 68.6 Å². The van der Waals surface area contributed by atoms with Gasteiger partial charge in [-0.2, -0.15) is 11.3 Å². The molecule has 0 atom stereocenters. The highest BCUT2D eigenvalue weighted by molar-refractivity contribution is 8.27. The van der Waals surface area contributed by atoms with Gasteiger partial charge in [0.1, 0.15) is 5.01 Å². The molecule has 3 aromatic rings. The lowest BCUT2D eigenvalue weighted by atomic mass is 10.2. The molecule has 1 saturated heterocycles. The fraction of sp³-hybridized carbons (Fsp3) is 0.0556. The van der Waals surface area contributed by atoms with Crippen molar-refractivity contribution in [3.8, 4) is 10.6 Å². The highest BCUT2D eigenvalue weighted by atomic mass is 32.2. The van der Waals surface area contributed by atoms with Gasteiger partial charge >= 0.3 is 0 Å². The minimum absolute atomic E-state index is 0.0936. The van der Waals surface area contributed by atoms with Crippen LogP contribution in [0.2, 0.25) is 0 Å². The van der Waals surface area contributed by atoms with Gasteiger partial charge in [-0.15, -0.1) is 11.3 Å². The van der Waals surface area contributed by atoms with Crippen molar-refractivity contribution in [1.82, 2.24) is 4.98 Å². The zero-order chi connectivity index (χ0) is 17.4. The molecule has 1 aliphatic rings. The summed E-state index contributed by atoms with van der Waals surface area (Å²) in [5.74, 6) is -0.0936. The van der Waals surface area contributed by atoms with Crippen LogP contribution in [0.25, 0.3) is 16.6 Å². The largest absolute Gasteiger partial charge is 0.270 e. The maximum absolute atomic E-state index is 12.8. The number of amides is 1. The molecule has 0 aliphatic carbocycles. The van der Waals surface area contributed by atoms with Crippen LogP contribution in [-0.4, -0.2) is 15.2 Å². The van der Waals surface area contributed by atoms with E-state index in [4.69, 9.17) is 12.2 Å².